The monoisotopic (exact) mass is 447 g/mol. The van der Waals surface area contributed by atoms with Crippen LogP contribution in [0.1, 0.15) is 29.5 Å². The molecule has 0 spiro atoms. The van der Waals surface area contributed by atoms with Crippen molar-refractivity contribution in [3.8, 4) is 11.5 Å². The van der Waals surface area contributed by atoms with Gasteiger partial charge < -0.3 is 24.8 Å². The van der Waals surface area contributed by atoms with Gasteiger partial charge in [-0.1, -0.05) is 24.3 Å². The van der Waals surface area contributed by atoms with Crippen LogP contribution in [0.5, 0.6) is 11.5 Å². The Hall–Kier alpha value is -2.87. The van der Waals surface area contributed by atoms with Crippen molar-refractivity contribution in [2.24, 2.45) is 4.99 Å². The van der Waals surface area contributed by atoms with Gasteiger partial charge in [-0.3, -0.25) is 4.99 Å². The molecule has 0 atom stereocenters. The number of ether oxygens (including phenoxy) is 3. The number of rotatable bonds is 8. The zero-order chi connectivity index (χ0) is 23.0. The minimum absolute atomic E-state index is 0.0683. The van der Waals surface area contributed by atoms with Crippen molar-refractivity contribution in [3.63, 3.8) is 0 Å². The highest BCUT2D eigenvalue weighted by molar-refractivity contribution is 5.79. The lowest BCUT2D eigenvalue weighted by atomic mass is 9.72. The molecule has 3 rings (SSSR count). The van der Waals surface area contributed by atoms with E-state index in [2.05, 4.69) is 45.5 Å². The van der Waals surface area contributed by atoms with Crippen LogP contribution in [0.4, 0.5) is 8.78 Å². The van der Waals surface area contributed by atoms with E-state index in [1.54, 1.807) is 19.2 Å². The van der Waals surface area contributed by atoms with Gasteiger partial charge in [-0.05, 0) is 49.1 Å². The fourth-order valence-corrected chi connectivity index (χ4v) is 4.16. The molecule has 32 heavy (non-hydrogen) atoms. The van der Waals surface area contributed by atoms with Gasteiger partial charge in [0.15, 0.2) is 5.96 Å². The lowest BCUT2D eigenvalue weighted by Crippen LogP contribution is -2.48. The minimum atomic E-state index is -2.90. The van der Waals surface area contributed by atoms with E-state index in [-0.39, 0.29) is 17.7 Å². The fraction of sp³-hybridized carbons (Fsp3) is 0.458. The van der Waals surface area contributed by atoms with E-state index in [4.69, 9.17) is 9.47 Å². The number of hydrogen-bond donors (Lipinski definition) is 2. The van der Waals surface area contributed by atoms with Crippen molar-refractivity contribution >= 4 is 5.96 Å². The van der Waals surface area contributed by atoms with Gasteiger partial charge in [0.1, 0.15) is 11.5 Å². The van der Waals surface area contributed by atoms with Gasteiger partial charge >= 0.3 is 6.61 Å². The Morgan fingerprint density at radius 2 is 1.91 bits per heavy atom. The zero-order valence-electron chi connectivity index (χ0n) is 18.8. The van der Waals surface area contributed by atoms with Gasteiger partial charge in [-0.2, -0.15) is 8.78 Å². The highest BCUT2D eigenvalue weighted by Crippen LogP contribution is 2.36. The van der Waals surface area contributed by atoms with E-state index < -0.39 is 6.61 Å². The normalized spacial score (nSPS) is 16.0. The number of nitrogens with zero attached hydrogens (tertiary/aromatic N) is 1. The molecule has 6 nitrogen and oxygen atoms in total. The average molecular weight is 448 g/mol. The molecule has 0 saturated carbocycles. The van der Waals surface area contributed by atoms with Crippen molar-refractivity contribution in [1.82, 2.24) is 10.6 Å². The molecule has 2 aromatic rings. The second-order valence-electron chi connectivity index (χ2n) is 7.84. The van der Waals surface area contributed by atoms with Crippen molar-refractivity contribution in [3.05, 3.63) is 59.2 Å². The predicted molar refractivity (Wildman–Crippen MR) is 121 cm³/mol. The number of aliphatic imine (C=N–C) groups is 1. The molecule has 0 unspecified atom stereocenters. The van der Waals surface area contributed by atoms with E-state index in [9.17, 15) is 8.78 Å². The molecule has 1 fully saturated rings. The second kappa shape index (κ2) is 11.1. The summed E-state index contributed by atoms with van der Waals surface area (Å²) < 4.78 is 41.1. The van der Waals surface area contributed by atoms with Crippen LogP contribution < -0.4 is 20.1 Å². The molecular weight excluding hydrogens is 416 g/mol. The molecule has 0 amide bonds. The molecule has 174 valence electrons. The first-order chi connectivity index (χ1) is 15.5. The lowest BCUT2D eigenvalue weighted by Gasteiger charge is -2.39. The van der Waals surface area contributed by atoms with Crippen LogP contribution >= 0.6 is 0 Å². The summed E-state index contributed by atoms with van der Waals surface area (Å²) in [6.45, 7) is 1.58. The average Bonchev–Trinajstić information content (AvgIpc) is 2.80. The van der Waals surface area contributed by atoms with Crippen LogP contribution in [0.2, 0.25) is 0 Å². The van der Waals surface area contributed by atoms with Crippen LogP contribution in [0.15, 0.2) is 47.5 Å². The molecule has 1 aliphatic heterocycles. The van der Waals surface area contributed by atoms with Crippen LogP contribution in [-0.2, 0) is 16.7 Å². The molecule has 1 heterocycles. The summed E-state index contributed by atoms with van der Waals surface area (Å²) in [5.74, 6) is 1.24. The Bertz CT molecular complexity index is 915. The zero-order valence-corrected chi connectivity index (χ0v) is 18.8. The van der Waals surface area contributed by atoms with Crippen LogP contribution in [-0.4, -0.2) is 46.5 Å². The molecule has 1 aliphatic rings. The van der Waals surface area contributed by atoms with E-state index in [0.29, 0.717) is 37.0 Å². The van der Waals surface area contributed by atoms with Gasteiger partial charge in [0.2, 0.25) is 0 Å². The summed E-state index contributed by atoms with van der Waals surface area (Å²) in [7, 11) is 3.21. The first kappa shape index (κ1) is 23.8. The van der Waals surface area contributed by atoms with Gasteiger partial charge in [0.05, 0.1) is 7.11 Å². The summed E-state index contributed by atoms with van der Waals surface area (Å²) in [4.78, 5) is 4.31. The first-order valence-corrected chi connectivity index (χ1v) is 10.7. The highest BCUT2D eigenvalue weighted by atomic mass is 19.3. The molecule has 0 bridgehead atoms. The molecule has 8 heteroatoms. The van der Waals surface area contributed by atoms with Gasteiger partial charge in [0, 0.05) is 44.3 Å². The number of aryl methyl sites for hydroxylation is 1. The Balaban J connectivity index is 1.71. The van der Waals surface area contributed by atoms with Gasteiger partial charge in [0.25, 0.3) is 0 Å². The molecular formula is C24H31F2N3O3. The molecule has 1 saturated heterocycles. The maximum atomic E-state index is 12.8. The number of methoxy groups -OCH3 is 1. The first-order valence-electron chi connectivity index (χ1n) is 10.7. The van der Waals surface area contributed by atoms with Crippen LogP contribution in [0, 0.1) is 6.92 Å². The van der Waals surface area contributed by atoms with Crippen LogP contribution in [0.3, 0.4) is 0 Å². The number of benzene rings is 2. The number of alkyl halides is 2. The summed E-state index contributed by atoms with van der Waals surface area (Å²) in [5.41, 5.74) is 3.05. The van der Waals surface area contributed by atoms with Crippen molar-refractivity contribution in [1.29, 1.82) is 0 Å². The topological polar surface area (TPSA) is 64.1 Å². The number of hydrogen-bond acceptors (Lipinski definition) is 4. The van der Waals surface area contributed by atoms with Gasteiger partial charge in [-0.25, -0.2) is 0 Å². The number of nitrogens with one attached hydrogen (secondary N) is 2. The van der Waals surface area contributed by atoms with E-state index >= 15 is 0 Å². The summed E-state index contributed by atoms with van der Waals surface area (Å²) >= 11 is 0. The third kappa shape index (κ3) is 5.88. The molecule has 0 radical (unpaired) electrons. The molecule has 2 aromatic carbocycles. The van der Waals surface area contributed by atoms with Crippen molar-refractivity contribution < 1.29 is 23.0 Å². The Labute approximate surface area is 188 Å². The summed E-state index contributed by atoms with van der Waals surface area (Å²) in [5, 5.41) is 6.63. The molecule has 0 aromatic heterocycles. The Morgan fingerprint density at radius 3 is 2.56 bits per heavy atom. The number of halogens is 2. The third-order valence-corrected chi connectivity index (χ3v) is 5.91. The van der Waals surface area contributed by atoms with Crippen molar-refractivity contribution in [2.75, 3.05) is 33.9 Å². The summed E-state index contributed by atoms with van der Waals surface area (Å²) in [6, 6.07) is 13.2. The quantitative estimate of drug-likeness (QED) is 0.473. The standard InChI is InChI=1S/C24H31F2N3O3/c1-17-6-4-5-7-20(17)24(10-12-31-13-11-24)16-29-23(27-2)28-15-18-14-19(30-3)8-9-21(18)32-22(25)26/h4-9,14,22H,10-13,15-16H2,1-3H3,(H2,27,28,29). The smallest absolute Gasteiger partial charge is 0.387 e. The van der Waals surface area contributed by atoms with Crippen molar-refractivity contribution in [2.45, 2.75) is 38.3 Å². The van der Waals surface area contributed by atoms with E-state index in [1.807, 2.05) is 6.07 Å². The summed E-state index contributed by atoms with van der Waals surface area (Å²) in [6.07, 6.45) is 1.81. The van der Waals surface area contributed by atoms with E-state index in [1.165, 1.54) is 24.3 Å². The largest absolute Gasteiger partial charge is 0.497 e. The predicted octanol–water partition coefficient (Wildman–Crippen LogP) is 4.02. The maximum Gasteiger partial charge on any atom is 0.387 e. The van der Waals surface area contributed by atoms with Gasteiger partial charge in [-0.15, -0.1) is 0 Å². The lowest BCUT2D eigenvalue weighted by molar-refractivity contribution is -0.0505. The minimum Gasteiger partial charge on any atom is -0.497 e. The fourth-order valence-electron chi connectivity index (χ4n) is 4.16. The van der Waals surface area contributed by atoms with Crippen LogP contribution in [0.25, 0.3) is 0 Å². The highest BCUT2D eigenvalue weighted by Gasteiger charge is 2.35. The third-order valence-electron chi connectivity index (χ3n) is 5.91. The Kier molecular flexibility index (Phi) is 8.27. The second-order valence-corrected chi connectivity index (χ2v) is 7.84. The number of guanidine groups is 1. The molecule has 0 aliphatic carbocycles. The maximum absolute atomic E-state index is 12.8. The van der Waals surface area contributed by atoms with E-state index in [0.717, 1.165) is 12.8 Å². The Morgan fingerprint density at radius 1 is 1.16 bits per heavy atom. The SMILES string of the molecule is CN=C(NCc1cc(OC)ccc1OC(F)F)NCC1(c2ccccc2C)CCOCC1. The molecule has 2 N–H and O–H groups in total.